The van der Waals surface area contributed by atoms with Gasteiger partial charge in [0.25, 0.3) is 6.01 Å². The third-order valence-corrected chi connectivity index (χ3v) is 4.73. The lowest BCUT2D eigenvalue weighted by molar-refractivity contribution is 0.171. The Balaban J connectivity index is 1.50. The van der Waals surface area contributed by atoms with Gasteiger partial charge in [-0.2, -0.15) is 4.98 Å². The molecule has 5 heteroatoms. The van der Waals surface area contributed by atoms with Crippen LogP contribution < -0.4 is 14.4 Å². The van der Waals surface area contributed by atoms with Crippen molar-refractivity contribution < 1.29 is 13.9 Å². The van der Waals surface area contributed by atoms with Crippen LogP contribution in [0.3, 0.4) is 0 Å². The molecule has 5 rings (SSSR count). The van der Waals surface area contributed by atoms with Crippen LogP contribution in [-0.2, 0) is 0 Å². The maximum absolute atomic E-state index is 5.98. The van der Waals surface area contributed by atoms with Crippen LogP contribution >= 0.6 is 0 Å². The first-order valence-corrected chi connectivity index (χ1v) is 8.40. The van der Waals surface area contributed by atoms with E-state index in [1.807, 2.05) is 30.3 Å². The fourth-order valence-electron chi connectivity index (χ4n) is 3.59. The summed E-state index contributed by atoms with van der Waals surface area (Å²) in [5.41, 5.74) is 2.96. The molecule has 1 saturated heterocycles. The summed E-state index contributed by atoms with van der Waals surface area (Å²) in [6.45, 7) is 2.17. The fraction of sp³-hybridized carbons (Fsp3) is 0.316. The first-order valence-electron chi connectivity index (χ1n) is 8.40. The molecule has 0 aliphatic carbocycles. The topological polar surface area (TPSA) is 47.7 Å². The highest BCUT2D eigenvalue weighted by Crippen LogP contribution is 2.40. The van der Waals surface area contributed by atoms with Gasteiger partial charge in [0.2, 0.25) is 0 Å². The van der Waals surface area contributed by atoms with E-state index in [9.17, 15) is 0 Å². The molecule has 0 unspecified atom stereocenters. The van der Waals surface area contributed by atoms with Crippen LogP contribution in [0.2, 0.25) is 0 Å². The van der Waals surface area contributed by atoms with Gasteiger partial charge in [-0.25, -0.2) is 0 Å². The van der Waals surface area contributed by atoms with Crippen LogP contribution in [0.15, 0.2) is 46.9 Å². The summed E-state index contributed by atoms with van der Waals surface area (Å²) in [4.78, 5) is 6.92. The maximum Gasteiger partial charge on any atom is 0.298 e. The molecule has 2 aromatic carbocycles. The van der Waals surface area contributed by atoms with Crippen molar-refractivity contribution in [1.29, 1.82) is 0 Å². The molecule has 0 N–H and O–H groups in total. The second-order valence-corrected chi connectivity index (χ2v) is 6.22. The quantitative estimate of drug-likeness (QED) is 0.715. The Kier molecular flexibility index (Phi) is 3.11. The minimum absolute atomic E-state index is 0.258. The summed E-state index contributed by atoms with van der Waals surface area (Å²) in [7, 11) is 0. The lowest BCUT2D eigenvalue weighted by Gasteiger charge is -2.25. The van der Waals surface area contributed by atoms with Crippen molar-refractivity contribution in [3.8, 4) is 11.5 Å². The second kappa shape index (κ2) is 5.44. The van der Waals surface area contributed by atoms with Crippen LogP contribution in [0.4, 0.5) is 6.01 Å². The number of fused-ring (bicyclic) bond motifs is 2. The molecule has 3 heterocycles. The third-order valence-electron chi connectivity index (χ3n) is 4.73. The SMILES string of the molecule is c1ccc2oc(N3CCC[C@H]3c3ccc4c(c3)OCCO4)nc2c1. The molecule has 0 spiro atoms. The Hall–Kier alpha value is -2.69. The molecule has 122 valence electrons. The van der Waals surface area contributed by atoms with E-state index < -0.39 is 0 Å². The van der Waals surface area contributed by atoms with Crippen molar-refractivity contribution in [1.82, 2.24) is 4.98 Å². The molecule has 2 aliphatic rings. The van der Waals surface area contributed by atoms with Crippen LogP contribution in [0, 0.1) is 0 Å². The normalized spacial score (nSPS) is 19.8. The molecule has 24 heavy (non-hydrogen) atoms. The number of benzene rings is 2. The van der Waals surface area contributed by atoms with Crippen LogP contribution in [0.25, 0.3) is 11.1 Å². The summed E-state index contributed by atoms with van der Waals surface area (Å²) in [6, 6.07) is 15.1. The monoisotopic (exact) mass is 322 g/mol. The number of anilines is 1. The molecule has 0 bridgehead atoms. The van der Waals surface area contributed by atoms with Crippen molar-refractivity contribution in [2.24, 2.45) is 0 Å². The predicted octanol–water partition coefficient (Wildman–Crippen LogP) is 3.94. The van der Waals surface area contributed by atoms with Gasteiger partial charge < -0.3 is 18.8 Å². The predicted molar refractivity (Wildman–Crippen MR) is 90.8 cm³/mol. The van der Waals surface area contributed by atoms with E-state index in [1.54, 1.807) is 0 Å². The highest BCUT2D eigenvalue weighted by atomic mass is 16.6. The number of hydrogen-bond acceptors (Lipinski definition) is 5. The van der Waals surface area contributed by atoms with Gasteiger partial charge in [-0.1, -0.05) is 18.2 Å². The van der Waals surface area contributed by atoms with Gasteiger partial charge >= 0.3 is 0 Å². The van der Waals surface area contributed by atoms with Gasteiger partial charge in [-0.05, 0) is 42.7 Å². The summed E-state index contributed by atoms with van der Waals surface area (Å²) >= 11 is 0. The summed E-state index contributed by atoms with van der Waals surface area (Å²) < 4.78 is 17.3. The van der Waals surface area contributed by atoms with E-state index in [1.165, 1.54) is 5.56 Å². The average Bonchev–Trinajstić information content (AvgIpc) is 3.27. The lowest BCUT2D eigenvalue weighted by atomic mass is 10.0. The zero-order chi connectivity index (χ0) is 15.9. The van der Waals surface area contributed by atoms with Crippen molar-refractivity contribution in [2.45, 2.75) is 18.9 Å². The zero-order valence-corrected chi connectivity index (χ0v) is 13.3. The molecular formula is C19H18N2O3. The summed E-state index contributed by atoms with van der Waals surface area (Å²) in [5.74, 6) is 1.67. The molecule has 1 aromatic heterocycles. The minimum Gasteiger partial charge on any atom is -0.486 e. The highest BCUT2D eigenvalue weighted by Gasteiger charge is 2.30. The minimum atomic E-state index is 0.258. The van der Waals surface area contributed by atoms with Crippen molar-refractivity contribution in [3.63, 3.8) is 0 Å². The number of rotatable bonds is 2. The Morgan fingerprint density at radius 1 is 1.00 bits per heavy atom. The van der Waals surface area contributed by atoms with Crippen LogP contribution in [0.1, 0.15) is 24.4 Å². The molecule has 1 atom stereocenters. The van der Waals surface area contributed by atoms with Crippen molar-refractivity contribution in [2.75, 3.05) is 24.7 Å². The molecular weight excluding hydrogens is 304 g/mol. The number of oxazole rings is 1. The number of nitrogens with zero attached hydrogens (tertiary/aromatic N) is 2. The molecule has 0 saturated carbocycles. The zero-order valence-electron chi connectivity index (χ0n) is 13.3. The highest BCUT2D eigenvalue weighted by molar-refractivity contribution is 5.74. The van der Waals surface area contributed by atoms with E-state index in [0.717, 1.165) is 42.0 Å². The number of aromatic nitrogens is 1. The molecule has 0 radical (unpaired) electrons. The Labute approximate surface area is 139 Å². The van der Waals surface area contributed by atoms with Gasteiger partial charge in [0, 0.05) is 6.54 Å². The smallest absolute Gasteiger partial charge is 0.298 e. The van der Waals surface area contributed by atoms with Gasteiger partial charge in [0.05, 0.1) is 6.04 Å². The van der Waals surface area contributed by atoms with E-state index in [4.69, 9.17) is 13.9 Å². The van der Waals surface area contributed by atoms with Gasteiger partial charge in [-0.3, -0.25) is 0 Å². The molecule has 1 fully saturated rings. The summed E-state index contributed by atoms with van der Waals surface area (Å²) in [5, 5.41) is 0. The van der Waals surface area contributed by atoms with Crippen molar-refractivity contribution in [3.05, 3.63) is 48.0 Å². The van der Waals surface area contributed by atoms with Gasteiger partial charge in [-0.15, -0.1) is 0 Å². The van der Waals surface area contributed by atoms with E-state index in [2.05, 4.69) is 22.0 Å². The lowest BCUT2D eigenvalue weighted by Crippen LogP contribution is -2.23. The van der Waals surface area contributed by atoms with Gasteiger partial charge in [0.1, 0.15) is 18.7 Å². The first-order chi connectivity index (χ1) is 11.9. The fourth-order valence-corrected chi connectivity index (χ4v) is 3.59. The van der Waals surface area contributed by atoms with E-state index in [0.29, 0.717) is 19.2 Å². The largest absolute Gasteiger partial charge is 0.486 e. The average molecular weight is 322 g/mol. The van der Waals surface area contributed by atoms with Crippen LogP contribution in [0.5, 0.6) is 11.5 Å². The molecule has 0 amide bonds. The number of ether oxygens (including phenoxy) is 2. The second-order valence-electron chi connectivity index (χ2n) is 6.22. The van der Waals surface area contributed by atoms with Crippen molar-refractivity contribution >= 4 is 17.1 Å². The van der Waals surface area contributed by atoms with E-state index >= 15 is 0 Å². The summed E-state index contributed by atoms with van der Waals surface area (Å²) in [6.07, 6.45) is 2.20. The number of para-hydroxylation sites is 2. The Morgan fingerprint density at radius 3 is 2.79 bits per heavy atom. The maximum atomic E-state index is 5.98. The molecule has 5 nitrogen and oxygen atoms in total. The van der Waals surface area contributed by atoms with Gasteiger partial charge in [0.15, 0.2) is 17.1 Å². The Bertz CT molecular complexity index is 856. The molecule has 3 aromatic rings. The standard InChI is InChI=1S/C19H18N2O3/c1-2-6-16-14(4-1)20-19(24-16)21-9-3-5-15(21)13-7-8-17-18(12-13)23-11-10-22-17/h1-2,4,6-8,12,15H,3,5,9-11H2/t15-/m0/s1. The first kappa shape index (κ1) is 13.7. The third kappa shape index (κ3) is 2.19. The van der Waals surface area contributed by atoms with E-state index in [-0.39, 0.29) is 6.04 Å². The number of hydrogen-bond donors (Lipinski definition) is 0. The Morgan fingerprint density at radius 2 is 1.88 bits per heavy atom. The van der Waals surface area contributed by atoms with Crippen LogP contribution in [-0.4, -0.2) is 24.7 Å². The molecule has 2 aliphatic heterocycles.